The van der Waals surface area contributed by atoms with Gasteiger partial charge in [0.05, 0.1) is 17.0 Å². The highest BCUT2D eigenvalue weighted by Crippen LogP contribution is 2.18. The van der Waals surface area contributed by atoms with Gasteiger partial charge in [0, 0.05) is 9.26 Å². The fourth-order valence-electron chi connectivity index (χ4n) is 1.26. The Morgan fingerprint density at radius 3 is 2.53 bits per heavy atom. The Morgan fingerprint density at radius 2 is 1.94 bits per heavy atom. The standard InChI is InChI=1S/C12H8IN3S/c13-9-1-3-10(4-2-9)16-12-6-5-11(7-14-12)15-8-17/h1-7H,(H,14,16). The number of rotatable bonds is 3. The molecule has 1 aromatic heterocycles. The normalized spacial score (nSPS) is 9.47. The molecule has 2 rings (SSSR count). The smallest absolute Gasteiger partial charge is 0.130 e. The van der Waals surface area contributed by atoms with E-state index in [0.717, 1.165) is 11.5 Å². The highest BCUT2D eigenvalue weighted by Gasteiger charge is 1.96. The first-order valence-corrected chi connectivity index (χ1v) is 6.33. The van der Waals surface area contributed by atoms with Crippen molar-refractivity contribution in [2.24, 2.45) is 4.99 Å². The maximum Gasteiger partial charge on any atom is 0.130 e. The van der Waals surface area contributed by atoms with E-state index in [1.54, 1.807) is 6.20 Å². The number of aliphatic imine (C=N–C) groups is 1. The Labute approximate surface area is 118 Å². The van der Waals surface area contributed by atoms with Gasteiger partial charge in [0.1, 0.15) is 5.82 Å². The third-order valence-electron chi connectivity index (χ3n) is 2.04. The van der Waals surface area contributed by atoms with Crippen molar-refractivity contribution in [2.75, 3.05) is 5.32 Å². The van der Waals surface area contributed by atoms with Crippen LogP contribution in [0.3, 0.4) is 0 Å². The zero-order valence-corrected chi connectivity index (χ0v) is 11.7. The van der Waals surface area contributed by atoms with Crippen molar-refractivity contribution < 1.29 is 0 Å². The van der Waals surface area contributed by atoms with Crippen molar-refractivity contribution in [3.05, 3.63) is 46.2 Å². The van der Waals surface area contributed by atoms with Gasteiger partial charge in [-0.1, -0.05) is 0 Å². The number of aromatic nitrogens is 1. The second kappa shape index (κ2) is 5.86. The molecular formula is C12H8IN3S. The number of hydrogen-bond acceptors (Lipinski definition) is 4. The number of anilines is 2. The SMILES string of the molecule is S=C=Nc1ccc(Nc2ccc(I)cc2)nc1. The number of pyridine rings is 1. The van der Waals surface area contributed by atoms with Gasteiger partial charge in [0.15, 0.2) is 0 Å². The Hall–Kier alpha value is -1.30. The molecule has 2 aromatic rings. The summed E-state index contributed by atoms with van der Waals surface area (Å²) in [6, 6.07) is 11.8. The van der Waals surface area contributed by atoms with Gasteiger partial charge in [-0.05, 0) is 71.2 Å². The Kier molecular flexibility index (Phi) is 4.19. The molecule has 84 valence electrons. The molecule has 0 unspecified atom stereocenters. The van der Waals surface area contributed by atoms with Gasteiger partial charge in [-0.15, -0.1) is 0 Å². The molecule has 0 aliphatic heterocycles. The van der Waals surface area contributed by atoms with Crippen molar-refractivity contribution in [2.45, 2.75) is 0 Å². The second-order valence-electron chi connectivity index (χ2n) is 3.24. The van der Waals surface area contributed by atoms with Crippen molar-refractivity contribution in [1.82, 2.24) is 4.98 Å². The first-order valence-electron chi connectivity index (χ1n) is 4.84. The van der Waals surface area contributed by atoms with Crippen LogP contribution in [0.2, 0.25) is 0 Å². The molecule has 0 spiro atoms. The monoisotopic (exact) mass is 353 g/mol. The molecule has 0 bridgehead atoms. The van der Waals surface area contributed by atoms with Crippen molar-refractivity contribution in [1.29, 1.82) is 0 Å². The first-order chi connectivity index (χ1) is 8.28. The molecule has 1 N–H and O–H groups in total. The van der Waals surface area contributed by atoms with Crippen LogP contribution in [0, 0.1) is 3.57 Å². The number of hydrogen-bond donors (Lipinski definition) is 1. The summed E-state index contributed by atoms with van der Waals surface area (Å²) >= 11 is 6.79. The molecule has 0 saturated carbocycles. The number of benzene rings is 1. The van der Waals surface area contributed by atoms with E-state index in [1.165, 1.54) is 3.57 Å². The van der Waals surface area contributed by atoms with E-state index in [4.69, 9.17) is 0 Å². The maximum atomic E-state index is 4.52. The van der Waals surface area contributed by atoms with Crippen LogP contribution in [0.25, 0.3) is 0 Å². The van der Waals surface area contributed by atoms with Crippen LogP contribution >= 0.6 is 34.8 Å². The minimum atomic E-state index is 0.702. The number of isothiocyanates is 1. The Morgan fingerprint density at radius 1 is 1.18 bits per heavy atom. The summed E-state index contributed by atoms with van der Waals surface area (Å²) in [7, 11) is 0. The molecule has 17 heavy (non-hydrogen) atoms. The van der Waals surface area contributed by atoms with E-state index in [9.17, 15) is 0 Å². The van der Waals surface area contributed by atoms with Crippen LogP contribution in [-0.2, 0) is 0 Å². The van der Waals surface area contributed by atoms with E-state index >= 15 is 0 Å². The average Bonchev–Trinajstić information content (AvgIpc) is 2.35. The zero-order valence-electron chi connectivity index (χ0n) is 8.72. The fraction of sp³-hybridized carbons (Fsp3) is 0. The van der Waals surface area contributed by atoms with E-state index in [1.807, 2.05) is 36.4 Å². The van der Waals surface area contributed by atoms with Crippen LogP contribution < -0.4 is 5.32 Å². The minimum absolute atomic E-state index is 0.702. The van der Waals surface area contributed by atoms with Crippen LogP contribution in [0.15, 0.2) is 47.6 Å². The highest BCUT2D eigenvalue weighted by atomic mass is 127. The quantitative estimate of drug-likeness (QED) is 0.511. The fourth-order valence-corrected chi connectivity index (χ4v) is 1.72. The van der Waals surface area contributed by atoms with Gasteiger partial charge >= 0.3 is 0 Å². The lowest BCUT2D eigenvalue weighted by Gasteiger charge is -2.05. The second-order valence-corrected chi connectivity index (χ2v) is 4.66. The van der Waals surface area contributed by atoms with Crippen molar-refractivity contribution >= 4 is 57.2 Å². The number of nitrogens with one attached hydrogen (secondary N) is 1. The van der Waals surface area contributed by atoms with Gasteiger partial charge in [-0.3, -0.25) is 0 Å². The van der Waals surface area contributed by atoms with Gasteiger partial charge in [0.2, 0.25) is 0 Å². The molecule has 0 amide bonds. The lowest BCUT2D eigenvalue weighted by molar-refractivity contribution is 1.29. The molecule has 3 nitrogen and oxygen atoms in total. The lowest BCUT2D eigenvalue weighted by atomic mass is 10.3. The lowest BCUT2D eigenvalue weighted by Crippen LogP contribution is -1.92. The molecule has 0 atom stereocenters. The summed E-state index contributed by atoms with van der Waals surface area (Å²) in [6.07, 6.45) is 1.65. The summed E-state index contributed by atoms with van der Waals surface area (Å²) in [5, 5.41) is 5.50. The van der Waals surface area contributed by atoms with E-state index in [0.29, 0.717) is 5.69 Å². The predicted molar refractivity (Wildman–Crippen MR) is 81.4 cm³/mol. The predicted octanol–water partition coefficient (Wildman–Crippen LogP) is 4.16. The molecule has 0 aliphatic carbocycles. The number of halogens is 1. The minimum Gasteiger partial charge on any atom is -0.340 e. The van der Waals surface area contributed by atoms with Crippen LogP contribution in [0.4, 0.5) is 17.2 Å². The van der Waals surface area contributed by atoms with Crippen molar-refractivity contribution in [3.8, 4) is 0 Å². The van der Waals surface area contributed by atoms with Gasteiger partial charge in [-0.25, -0.2) is 4.98 Å². The molecule has 0 fully saturated rings. The third-order valence-corrected chi connectivity index (χ3v) is 2.85. The summed E-state index contributed by atoms with van der Waals surface area (Å²) in [5.41, 5.74) is 1.71. The van der Waals surface area contributed by atoms with Crippen LogP contribution in [0.5, 0.6) is 0 Å². The summed E-state index contributed by atoms with van der Waals surface area (Å²) < 4.78 is 1.20. The number of nitrogens with zero attached hydrogens (tertiary/aromatic N) is 2. The molecule has 1 heterocycles. The third kappa shape index (κ3) is 3.59. The maximum absolute atomic E-state index is 4.52. The van der Waals surface area contributed by atoms with Crippen molar-refractivity contribution in [3.63, 3.8) is 0 Å². The number of thiocarbonyl (C=S) groups is 1. The van der Waals surface area contributed by atoms with Gasteiger partial charge < -0.3 is 5.32 Å². The summed E-state index contributed by atoms with van der Waals surface area (Å²) in [5.74, 6) is 0.773. The van der Waals surface area contributed by atoms with Gasteiger partial charge in [-0.2, -0.15) is 4.99 Å². The van der Waals surface area contributed by atoms with E-state index in [2.05, 4.69) is 55.3 Å². The van der Waals surface area contributed by atoms with Gasteiger partial charge in [0.25, 0.3) is 0 Å². The summed E-state index contributed by atoms with van der Waals surface area (Å²) in [4.78, 5) is 8.06. The molecule has 0 saturated heterocycles. The Balaban J connectivity index is 2.13. The van der Waals surface area contributed by atoms with E-state index < -0.39 is 0 Å². The van der Waals surface area contributed by atoms with Crippen LogP contribution in [-0.4, -0.2) is 10.1 Å². The highest BCUT2D eigenvalue weighted by molar-refractivity contribution is 14.1. The van der Waals surface area contributed by atoms with Crippen LogP contribution in [0.1, 0.15) is 0 Å². The largest absolute Gasteiger partial charge is 0.340 e. The summed E-state index contributed by atoms with van der Waals surface area (Å²) in [6.45, 7) is 0. The van der Waals surface area contributed by atoms with E-state index in [-0.39, 0.29) is 0 Å². The molecule has 0 radical (unpaired) electrons. The molecule has 0 aliphatic rings. The average molecular weight is 353 g/mol. The first kappa shape index (κ1) is 12.2. The Bertz CT molecular complexity index is 545. The molecule has 1 aromatic carbocycles. The molecular weight excluding hydrogens is 345 g/mol. The molecule has 5 heteroatoms. The topological polar surface area (TPSA) is 37.3 Å². The zero-order chi connectivity index (χ0) is 12.1.